The lowest BCUT2D eigenvalue weighted by atomic mass is 9.81. The number of rotatable bonds is 3. The van der Waals surface area contributed by atoms with Crippen molar-refractivity contribution in [1.29, 1.82) is 0 Å². The molecule has 0 N–H and O–H groups in total. The Kier molecular flexibility index (Phi) is 6.07. The van der Waals surface area contributed by atoms with Gasteiger partial charge in [0.2, 0.25) is 0 Å². The monoisotopic (exact) mass is 638 g/mol. The van der Waals surface area contributed by atoms with Gasteiger partial charge < -0.3 is 0 Å². The molecular formula is C50H38. The van der Waals surface area contributed by atoms with Gasteiger partial charge in [-0.3, -0.25) is 0 Å². The van der Waals surface area contributed by atoms with Crippen LogP contribution in [-0.2, 0) is 10.8 Å². The number of hydrogen-bond acceptors (Lipinski definition) is 0. The molecule has 0 saturated carbocycles. The quantitative estimate of drug-likeness (QED) is 0.169. The average molecular weight is 639 g/mol. The minimum Gasteiger partial charge on any atom is -0.0622 e. The summed E-state index contributed by atoms with van der Waals surface area (Å²) in [5.41, 5.74) is 18.6. The van der Waals surface area contributed by atoms with E-state index in [1.807, 2.05) is 0 Å². The fraction of sp³-hybridized carbons (Fsp3) is 0.120. The van der Waals surface area contributed by atoms with E-state index in [0.717, 1.165) is 0 Å². The van der Waals surface area contributed by atoms with E-state index in [2.05, 4.69) is 185 Å². The Morgan fingerprint density at radius 3 is 1.40 bits per heavy atom. The second kappa shape index (κ2) is 10.4. The summed E-state index contributed by atoms with van der Waals surface area (Å²) in [6, 6.07) is 59.2. The molecular weight excluding hydrogens is 601 g/mol. The molecule has 0 nitrogen and oxygen atoms in total. The van der Waals surface area contributed by atoms with E-state index in [1.54, 1.807) is 0 Å². The maximum absolute atomic E-state index is 2.47. The van der Waals surface area contributed by atoms with Crippen LogP contribution < -0.4 is 0 Å². The highest BCUT2D eigenvalue weighted by Crippen LogP contribution is 2.52. The second-order valence-electron chi connectivity index (χ2n) is 15.4. The third-order valence-electron chi connectivity index (χ3n) is 11.9. The van der Waals surface area contributed by atoms with Crippen LogP contribution in [-0.4, -0.2) is 0 Å². The molecule has 0 bridgehead atoms. The van der Waals surface area contributed by atoms with E-state index in [0.29, 0.717) is 0 Å². The van der Waals surface area contributed by atoms with Crippen LogP contribution in [0.2, 0.25) is 0 Å². The molecule has 0 amide bonds. The average Bonchev–Trinajstić information content (AvgIpc) is 3.52. The SMILES string of the molecule is CC1(C)c2cc(-c3ccccc3)ccc2-c2ccc(-c3ccc(-c4ccc5ccc6cc7c(cc6c5c4)C(C)(C)c4ccccc4-7)cc3)cc21. The van der Waals surface area contributed by atoms with Crippen molar-refractivity contribution in [3.05, 3.63) is 180 Å². The van der Waals surface area contributed by atoms with Gasteiger partial charge in [0.1, 0.15) is 0 Å². The predicted molar refractivity (Wildman–Crippen MR) is 213 cm³/mol. The lowest BCUT2D eigenvalue weighted by Gasteiger charge is -2.22. The van der Waals surface area contributed by atoms with Crippen molar-refractivity contribution < 1.29 is 0 Å². The van der Waals surface area contributed by atoms with E-state index in [4.69, 9.17) is 0 Å². The van der Waals surface area contributed by atoms with Crippen molar-refractivity contribution >= 4 is 21.5 Å². The van der Waals surface area contributed by atoms with Gasteiger partial charge in [-0.15, -0.1) is 0 Å². The smallest absolute Gasteiger partial charge is 0.0159 e. The van der Waals surface area contributed by atoms with Gasteiger partial charge in [0, 0.05) is 10.8 Å². The predicted octanol–water partition coefficient (Wildman–Crippen LogP) is 13.6. The Labute approximate surface area is 294 Å². The highest BCUT2D eigenvalue weighted by Gasteiger charge is 2.37. The van der Waals surface area contributed by atoms with Crippen LogP contribution in [0.5, 0.6) is 0 Å². The third kappa shape index (κ3) is 4.18. The summed E-state index contributed by atoms with van der Waals surface area (Å²) in [7, 11) is 0. The zero-order valence-electron chi connectivity index (χ0n) is 29.0. The third-order valence-corrected chi connectivity index (χ3v) is 11.9. The summed E-state index contributed by atoms with van der Waals surface area (Å²) in [5, 5.41) is 5.23. The van der Waals surface area contributed by atoms with E-state index in [-0.39, 0.29) is 10.8 Å². The Balaban J connectivity index is 0.999. The molecule has 50 heavy (non-hydrogen) atoms. The molecule has 0 heterocycles. The van der Waals surface area contributed by atoms with Crippen molar-refractivity contribution in [2.24, 2.45) is 0 Å². The van der Waals surface area contributed by atoms with Crippen molar-refractivity contribution in [1.82, 2.24) is 0 Å². The second-order valence-corrected chi connectivity index (χ2v) is 15.4. The standard InChI is InChI=1S/C50H38/c1-49(2)45-13-9-8-12-39(45)44-27-38-21-19-34-18-20-35(26-42(34)43(38)30-48(44)49)32-14-16-33(17-15-32)37-23-25-41-40-24-22-36(31-10-6-5-7-11-31)28-46(40)50(3,4)47(41)29-37/h5-30H,1-4H3. The molecule has 0 aromatic heterocycles. The molecule has 8 aromatic carbocycles. The highest BCUT2D eigenvalue weighted by molar-refractivity contribution is 6.11. The topological polar surface area (TPSA) is 0 Å². The van der Waals surface area contributed by atoms with E-state index in [1.165, 1.54) is 99.4 Å². The van der Waals surface area contributed by atoms with Gasteiger partial charge in [0.05, 0.1) is 0 Å². The first-order chi connectivity index (χ1) is 24.3. The molecule has 0 atom stereocenters. The number of hydrogen-bond donors (Lipinski definition) is 0. The molecule has 10 rings (SSSR count). The summed E-state index contributed by atoms with van der Waals surface area (Å²) >= 11 is 0. The number of fused-ring (bicyclic) bond motifs is 9. The van der Waals surface area contributed by atoms with Crippen LogP contribution in [0.3, 0.4) is 0 Å². The van der Waals surface area contributed by atoms with Crippen LogP contribution >= 0.6 is 0 Å². The lowest BCUT2D eigenvalue weighted by molar-refractivity contribution is 0.661. The largest absolute Gasteiger partial charge is 0.0622 e. The maximum atomic E-state index is 2.47. The van der Waals surface area contributed by atoms with Crippen LogP contribution in [0.1, 0.15) is 49.9 Å². The Hall–Kier alpha value is -5.72. The molecule has 0 spiro atoms. The molecule has 0 aliphatic heterocycles. The van der Waals surface area contributed by atoms with Crippen molar-refractivity contribution in [3.8, 4) is 55.6 Å². The minimum absolute atomic E-state index is 0.0175. The lowest BCUT2D eigenvalue weighted by Crippen LogP contribution is -2.15. The van der Waals surface area contributed by atoms with Gasteiger partial charge in [0.25, 0.3) is 0 Å². The van der Waals surface area contributed by atoms with Crippen molar-refractivity contribution in [2.45, 2.75) is 38.5 Å². The van der Waals surface area contributed by atoms with Gasteiger partial charge in [-0.25, -0.2) is 0 Å². The molecule has 0 radical (unpaired) electrons. The summed E-state index contributed by atoms with van der Waals surface area (Å²) in [6.45, 7) is 9.47. The van der Waals surface area contributed by atoms with Gasteiger partial charge in [-0.1, -0.05) is 155 Å². The molecule has 2 aliphatic rings. The zero-order valence-corrected chi connectivity index (χ0v) is 29.0. The van der Waals surface area contributed by atoms with Gasteiger partial charge in [-0.2, -0.15) is 0 Å². The van der Waals surface area contributed by atoms with Crippen LogP contribution in [0.25, 0.3) is 77.2 Å². The first kappa shape index (κ1) is 29.2. The minimum atomic E-state index is -0.0720. The van der Waals surface area contributed by atoms with Crippen LogP contribution in [0.4, 0.5) is 0 Å². The highest BCUT2D eigenvalue weighted by atomic mass is 14.4. The van der Waals surface area contributed by atoms with Crippen molar-refractivity contribution in [3.63, 3.8) is 0 Å². The molecule has 0 unspecified atom stereocenters. The number of benzene rings is 8. The van der Waals surface area contributed by atoms with E-state index in [9.17, 15) is 0 Å². The Morgan fingerprint density at radius 2 is 0.720 bits per heavy atom. The summed E-state index contributed by atoms with van der Waals surface area (Å²) in [4.78, 5) is 0. The fourth-order valence-electron chi connectivity index (χ4n) is 9.01. The summed E-state index contributed by atoms with van der Waals surface area (Å²) < 4.78 is 0. The van der Waals surface area contributed by atoms with E-state index < -0.39 is 0 Å². The normalized spacial score (nSPS) is 14.7. The molecule has 0 saturated heterocycles. The molecule has 2 aliphatic carbocycles. The Bertz CT molecular complexity index is 2670. The van der Waals surface area contributed by atoms with Gasteiger partial charge in [0.15, 0.2) is 0 Å². The fourth-order valence-corrected chi connectivity index (χ4v) is 9.01. The first-order valence-corrected chi connectivity index (χ1v) is 17.8. The van der Waals surface area contributed by atoms with Gasteiger partial charge >= 0.3 is 0 Å². The van der Waals surface area contributed by atoms with Crippen molar-refractivity contribution in [2.75, 3.05) is 0 Å². The summed E-state index contributed by atoms with van der Waals surface area (Å²) in [6.07, 6.45) is 0. The van der Waals surface area contributed by atoms with Gasteiger partial charge in [-0.05, 0) is 130 Å². The first-order valence-electron chi connectivity index (χ1n) is 17.8. The maximum Gasteiger partial charge on any atom is 0.0159 e. The van der Waals surface area contributed by atoms with Crippen LogP contribution in [0, 0.1) is 0 Å². The molecule has 238 valence electrons. The molecule has 8 aromatic rings. The van der Waals surface area contributed by atoms with E-state index >= 15 is 0 Å². The van der Waals surface area contributed by atoms with Crippen LogP contribution in [0.15, 0.2) is 158 Å². The molecule has 0 fully saturated rings. The zero-order chi connectivity index (χ0) is 33.8. The Morgan fingerprint density at radius 1 is 0.280 bits per heavy atom. The molecule has 0 heteroatoms. The summed E-state index contributed by atoms with van der Waals surface area (Å²) in [5.74, 6) is 0.